The van der Waals surface area contributed by atoms with Crippen molar-refractivity contribution >= 4 is 5.97 Å². The van der Waals surface area contributed by atoms with E-state index in [1.54, 1.807) is 18.2 Å². The fraction of sp³-hybridized carbons (Fsp3) is 0.364. The third-order valence-electron chi connectivity index (χ3n) is 2.07. The summed E-state index contributed by atoms with van der Waals surface area (Å²) in [4.78, 5) is 11.0. The Morgan fingerprint density at radius 3 is 2.75 bits per heavy atom. The maximum absolute atomic E-state index is 11.0. The predicted octanol–water partition coefficient (Wildman–Crippen LogP) is 0.613. The van der Waals surface area contributed by atoms with Crippen LogP contribution in [0.2, 0.25) is 0 Å². The number of carbonyl (C=O) groups excluding carboxylic acids is 1. The molecular formula is C11H15NO4. The minimum Gasteiger partial charge on any atom is -0.493 e. The molecule has 0 saturated heterocycles. The van der Waals surface area contributed by atoms with Crippen LogP contribution in [0.3, 0.4) is 0 Å². The van der Waals surface area contributed by atoms with Gasteiger partial charge in [0.15, 0.2) is 11.5 Å². The van der Waals surface area contributed by atoms with Gasteiger partial charge in [-0.25, -0.2) is 0 Å². The van der Waals surface area contributed by atoms with E-state index < -0.39 is 12.0 Å². The van der Waals surface area contributed by atoms with Crippen LogP contribution in [0.5, 0.6) is 11.5 Å². The molecule has 0 aliphatic heterocycles. The Morgan fingerprint density at radius 2 is 2.25 bits per heavy atom. The van der Waals surface area contributed by atoms with E-state index in [9.17, 15) is 4.79 Å². The molecule has 1 rings (SSSR count). The highest BCUT2D eigenvalue weighted by Gasteiger charge is 2.17. The number of ether oxygens (including phenoxy) is 2. The van der Waals surface area contributed by atoms with E-state index in [0.717, 1.165) is 0 Å². The summed E-state index contributed by atoms with van der Waals surface area (Å²) < 4.78 is 10.1. The molecule has 0 heterocycles. The molecule has 0 amide bonds. The molecule has 0 saturated carbocycles. The molecule has 3 N–H and O–H groups in total. The van der Waals surface area contributed by atoms with Crippen molar-refractivity contribution < 1.29 is 19.4 Å². The second kappa shape index (κ2) is 5.48. The van der Waals surface area contributed by atoms with Gasteiger partial charge >= 0.3 is 5.97 Å². The molecular weight excluding hydrogens is 210 g/mol. The van der Waals surface area contributed by atoms with E-state index in [-0.39, 0.29) is 12.4 Å². The summed E-state index contributed by atoms with van der Waals surface area (Å²) in [6, 6.07) is 4.45. The highest BCUT2D eigenvalue weighted by atomic mass is 16.6. The Bertz CT molecular complexity index is 378. The van der Waals surface area contributed by atoms with Gasteiger partial charge in [0.25, 0.3) is 0 Å². The predicted molar refractivity (Wildman–Crippen MR) is 58.3 cm³/mol. The number of nitrogens with two attached hydrogens (primary N) is 1. The third-order valence-corrected chi connectivity index (χ3v) is 2.07. The van der Waals surface area contributed by atoms with Gasteiger partial charge in [-0.05, 0) is 6.07 Å². The lowest BCUT2D eigenvalue weighted by molar-refractivity contribution is -0.132. The fourth-order valence-electron chi connectivity index (χ4n) is 1.34. The molecule has 0 bridgehead atoms. The first-order valence-electron chi connectivity index (χ1n) is 4.82. The number of benzene rings is 1. The number of rotatable bonds is 4. The van der Waals surface area contributed by atoms with E-state index >= 15 is 0 Å². The minimum absolute atomic E-state index is 0.235. The van der Waals surface area contributed by atoms with Crippen LogP contribution < -0.4 is 15.2 Å². The zero-order valence-corrected chi connectivity index (χ0v) is 9.27. The Kier molecular flexibility index (Phi) is 4.28. The summed E-state index contributed by atoms with van der Waals surface area (Å²) >= 11 is 0. The molecule has 1 aromatic rings. The smallest absolute Gasteiger partial charge is 0.308 e. The van der Waals surface area contributed by atoms with Crippen molar-refractivity contribution in [2.75, 3.05) is 13.7 Å². The van der Waals surface area contributed by atoms with Crippen molar-refractivity contribution in [3.63, 3.8) is 0 Å². The van der Waals surface area contributed by atoms with Gasteiger partial charge in [-0.2, -0.15) is 0 Å². The second-order valence-electron chi connectivity index (χ2n) is 3.26. The Morgan fingerprint density at radius 1 is 1.56 bits per heavy atom. The van der Waals surface area contributed by atoms with Crippen LogP contribution in [0.25, 0.3) is 0 Å². The summed E-state index contributed by atoms with van der Waals surface area (Å²) in [5, 5.41) is 9.00. The van der Waals surface area contributed by atoms with Crippen LogP contribution in [0, 0.1) is 0 Å². The first kappa shape index (κ1) is 12.5. The van der Waals surface area contributed by atoms with E-state index in [1.165, 1.54) is 14.0 Å². The molecule has 16 heavy (non-hydrogen) atoms. The normalized spacial score (nSPS) is 12.0. The van der Waals surface area contributed by atoms with Crippen LogP contribution in [-0.4, -0.2) is 24.8 Å². The molecule has 0 aromatic heterocycles. The average Bonchev–Trinajstić information content (AvgIpc) is 2.27. The number of methoxy groups -OCH3 is 1. The van der Waals surface area contributed by atoms with Gasteiger partial charge in [-0.15, -0.1) is 0 Å². The maximum Gasteiger partial charge on any atom is 0.308 e. The maximum atomic E-state index is 11.0. The summed E-state index contributed by atoms with van der Waals surface area (Å²) in [7, 11) is 1.47. The number of hydrogen-bond acceptors (Lipinski definition) is 5. The molecule has 88 valence electrons. The van der Waals surface area contributed by atoms with Crippen molar-refractivity contribution in [3.05, 3.63) is 23.8 Å². The zero-order chi connectivity index (χ0) is 12.1. The largest absolute Gasteiger partial charge is 0.493 e. The fourth-order valence-corrected chi connectivity index (χ4v) is 1.34. The molecule has 5 heteroatoms. The molecule has 1 aromatic carbocycles. The lowest BCUT2D eigenvalue weighted by Gasteiger charge is -2.16. The van der Waals surface area contributed by atoms with Crippen molar-refractivity contribution in [1.29, 1.82) is 0 Å². The lowest BCUT2D eigenvalue weighted by atomic mass is 10.1. The Labute approximate surface area is 93.8 Å². The molecule has 0 spiro atoms. The van der Waals surface area contributed by atoms with Crippen LogP contribution in [0.4, 0.5) is 0 Å². The SMILES string of the molecule is COc1cccc([C@@H](N)CO)c1OC(C)=O. The molecule has 0 aliphatic carbocycles. The highest BCUT2D eigenvalue weighted by molar-refractivity contribution is 5.71. The van der Waals surface area contributed by atoms with Crippen molar-refractivity contribution in [1.82, 2.24) is 0 Å². The van der Waals surface area contributed by atoms with Crippen LogP contribution in [0.15, 0.2) is 18.2 Å². The molecule has 0 radical (unpaired) electrons. The van der Waals surface area contributed by atoms with E-state index in [2.05, 4.69) is 0 Å². The number of para-hydroxylation sites is 1. The molecule has 5 nitrogen and oxygen atoms in total. The quantitative estimate of drug-likeness (QED) is 0.579. The van der Waals surface area contributed by atoms with Gasteiger partial charge in [0, 0.05) is 12.5 Å². The standard InChI is InChI=1S/C11H15NO4/c1-7(14)16-11-8(9(12)6-13)4-3-5-10(11)15-2/h3-5,9,13H,6,12H2,1-2H3/t9-/m0/s1. The summed E-state index contributed by atoms with van der Waals surface area (Å²) in [5.74, 6) is 0.214. The monoisotopic (exact) mass is 225 g/mol. The summed E-state index contributed by atoms with van der Waals surface area (Å²) in [5.41, 5.74) is 6.24. The molecule has 1 atom stereocenters. The Hall–Kier alpha value is -1.59. The Balaban J connectivity index is 3.19. The lowest BCUT2D eigenvalue weighted by Crippen LogP contribution is -2.17. The minimum atomic E-state index is -0.607. The van der Waals surface area contributed by atoms with Crippen LogP contribution in [-0.2, 0) is 4.79 Å². The van der Waals surface area contributed by atoms with Gasteiger partial charge in [-0.3, -0.25) is 4.79 Å². The number of carbonyl (C=O) groups is 1. The molecule has 0 fully saturated rings. The molecule has 0 aliphatic rings. The van der Waals surface area contributed by atoms with E-state index in [4.69, 9.17) is 20.3 Å². The zero-order valence-electron chi connectivity index (χ0n) is 9.27. The van der Waals surface area contributed by atoms with Gasteiger partial charge < -0.3 is 20.3 Å². The third kappa shape index (κ3) is 2.71. The number of aliphatic hydroxyl groups excluding tert-OH is 1. The van der Waals surface area contributed by atoms with Crippen LogP contribution in [0.1, 0.15) is 18.5 Å². The van der Waals surface area contributed by atoms with E-state index in [0.29, 0.717) is 11.3 Å². The van der Waals surface area contributed by atoms with Crippen LogP contribution >= 0.6 is 0 Å². The topological polar surface area (TPSA) is 81.8 Å². The summed E-state index contributed by atoms with van der Waals surface area (Å²) in [6.07, 6.45) is 0. The van der Waals surface area contributed by atoms with Gasteiger partial charge in [0.1, 0.15) is 0 Å². The first-order chi connectivity index (χ1) is 7.60. The van der Waals surface area contributed by atoms with Crippen molar-refractivity contribution in [2.24, 2.45) is 5.73 Å². The van der Waals surface area contributed by atoms with Gasteiger partial charge in [0.2, 0.25) is 0 Å². The first-order valence-corrected chi connectivity index (χ1v) is 4.82. The average molecular weight is 225 g/mol. The number of esters is 1. The molecule has 0 unspecified atom stereocenters. The van der Waals surface area contributed by atoms with Crippen molar-refractivity contribution in [2.45, 2.75) is 13.0 Å². The number of aliphatic hydroxyl groups is 1. The second-order valence-corrected chi connectivity index (χ2v) is 3.26. The van der Waals surface area contributed by atoms with Crippen molar-refractivity contribution in [3.8, 4) is 11.5 Å². The van der Waals surface area contributed by atoms with Gasteiger partial charge in [-0.1, -0.05) is 12.1 Å². The number of hydrogen-bond donors (Lipinski definition) is 2. The summed E-state index contributed by atoms with van der Waals surface area (Å²) in [6.45, 7) is 1.06. The van der Waals surface area contributed by atoms with E-state index in [1.807, 2.05) is 0 Å². The van der Waals surface area contributed by atoms with Gasteiger partial charge in [0.05, 0.1) is 19.8 Å². The highest BCUT2D eigenvalue weighted by Crippen LogP contribution is 2.34.